The predicted octanol–water partition coefficient (Wildman–Crippen LogP) is 5.95. The third kappa shape index (κ3) is 4.70. The van der Waals surface area contributed by atoms with E-state index in [1.54, 1.807) is 24.3 Å². The standard InChI is InChI=1S/C27H24ClN3O2/c1-18-5-7-19(8-6-18)25-17-26(31-11-13-33-14-12-31)23-16-22(9-10-24(23)30-25)29-27(32)20-3-2-4-21(28)15-20/h2-10,15-17H,11-14H2,1H3,(H,29,32). The molecule has 1 aromatic heterocycles. The van der Waals surface area contributed by atoms with Gasteiger partial charge in [0.25, 0.3) is 5.91 Å². The molecule has 4 aromatic rings. The monoisotopic (exact) mass is 457 g/mol. The lowest BCUT2D eigenvalue weighted by atomic mass is 10.0. The van der Waals surface area contributed by atoms with E-state index in [4.69, 9.17) is 21.3 Å². The van der Waals surface area contributed by atoms with E-state index < -0.39 is 0 Å². The van der Waals surface area contributed by atoms with Crippen molar-refractivity contribution >= 4 is 39.8 Å². The van der Waals surface area contributed by atoms with Crippen molar-refractivity contribution in [2.45, 2.75) is 6.92 Å². The molecular formula is C27H24ClN3O2. The molecular weight excluding hydrogens is 434 g/mol. The minimum Gasteiger partial charge on any atom is -0.378 e. The van der Waals surface area contributed by atoms with Gasteiger partial charge in [0.05, 0.1) is 24.4 Å². The Morgan fingerprint density at radius 2 is 1.79 bits per heavy atom. The van der Waals surface area contributed by atoms with E-state index in [0.29, 0.717) is 29.5 Å². The average molecular weight is 458 g/mol. The fourth-order valence-corrected chi connectivity index (χ4v) is 4.25. The van der Waals surface area contributed by atoms with E-state index in [2.05, 4.69) is 47.5 Å². The number of anilines is 2. The first-order chi connectivity index (χ1) is 16.1. The van der Waals surface area contributed by atoms with Crippen molar-refractivity contribution < 1.29 is 9.53 Å². The zero-order valence-corrected chi connectivity index (χ0v) is 19.1. The summed E-state index contributed by atoms with van der Waals surface area (Å²) in [5.74, 6) is -0.200. The van der Waals surface area contributed by atoms with Gasteiger partial charge in [-0.3, -0.25) is 4.79 Å². The van der Waals surface area contributed by atoms with Gasteiger partial charge in [-0.15, -0.1) is 0 Å². The number of morpholine rings is 1. The number of hydrogen-bond donors (Lipinski definition) is 1. The van der Waals surface area contributed by atoms with Crippen LogP contribution in [0.2, 0.25) is 5.02 Å². The Labute approximate surface area is 198 Å². The van der Waals surface area contributed by atoms with Crippen molar-refractivity contribution in [3.05, 3.63) is 88.9 Å². The summed E-state index contributed by atoms with van der Waals surface area (Å²) in [6.07, 6.45) is 0. The number of hydrogen-bond acceptors (Lipinski definition) is 4. The second-order valence-corrected chi connectivity index (χ2v) is 8.62. The molecule has 2 heterocycles. The SMILES string of the molecule is Cc1ccc(-c2cc(N3CCOCC3)c3cc(NC(=O)c4cccc(Cl)c4)ccc3n2)cc1. The first-order valence-corrected chi connectivity index (χ1v) is 11.4. The average Bonchev–Trinajstić information content (AvgIpc) is 2.84. The Morgan fingerprint density at radius 1 is 1.00 bits per heavy atom. The highest BCUT2D eigenvalue weighted by Gasteiger charge is 2.17. The molecule has 1 fully saturated rings. The summed E-state index contributed by atoms with van der Waals surface area (Å²) in [6, 6.07) is 23.3. The number of amides is 1. The molecule has 1 saturated heterocycles. The number of nitrogens with zero attached hydrogens (tertiary/aromatic N) is 2. The number of carbonyl (C=O) groups excluding carboxylic acids is 1. The van der Waals surface area contributed by atoms with Crippen LogP contribution >= 0.6 is 11.6 Å². The van der Waals surface area contributed by atoms with E-state index in [9.17, 15) is 4.79 Å². The Kier molecular flexibility index (Phi) is 5.99. The molecule has 1 amide bonds. The molecule has 1 aliphatic rings. The number of aryl methyl sites for hydroxylation is 1. The van der Waals surface area contributed by atoms with Gasteiger partial charge >= 0.3 is 0 Å². The number of carbonyl (C=O) groups is 1. The number of nitrogens with one attached hydrogen (secondary N) is 1. The van der Waals surface area contributed by atoms with Crippen molar-refractivity contribution in [1.29, 1.82) is 0 Å². The van der Waals surface area contributed by atoms with Gasteiger partial charge in [-0.2, -0.15) is 0 Å². The second kappa shape index (κ2) is 9.22. The van der Waals surface area contributed by atoms with Gasteiger partial charge in [-0.05, 0) is 49.4 Å². The lowest BCUT2D eigenvalue weighted by molar-refractivity contribution is 0.102. The lowest BCUT2D eigenvalue weighted by Gasteiger charge is -2.30. The number of fused-ring (bicyclic) bond motifs is 1. The molecule has 0 bridgehead atoms. The molecule has 33 heavy (non-hydrogen) atoms. The number of benzene rings is 3. The smallest absolute Gasteiger partial charge is 0.255 e. The fourth-order valence-electron chi connectivity index (χ4n) is 4.06. The molecule has 0 radical (unpaired) electrons. The van der Waals surface area contributed by atoms with Crippen LogP contribution < -0.4 is 10.2 Å². The molecule has 166 valence electrons. The second-order valence-electron chi connectivity index (χ2n) is 8.19. The molecule has 1 aliphatic heterocycles. The maximum Gasteiger partial charge on any atom is 0.255 e. The van der Waals surface area contributed by atoms with E-state index in [1.807, 2.05) is 18.2 Å². The van der Waals surface area contributed by atoms with Crippen LogP contribution in [0.1, 0.15) is 15.9 Å². The summed E-state index contributed by atoms with van der Waals surface area (Å²) in [5, 5.41) is 4.52. The summed E-state index contributed by atoms with van der Waals surface area (Å²) in [5.41, 5.74) is 6.44. The molecule has 5 nitrogen and oxygen atoms in total. The molecule has 3 aromatic carbocycles. The van der Waals surface area contributed by atoms with E-state index in [1.165, 1.54) is 5.56 Å². The van der Waals surface area contributed by atoms with Gasteiger partial charge < -0.3 is 15.0 Å². The Balaban J connectivity index is 1.55. The number of pyridine rings is 1. The van der Waals surface area contributed by atoms with Gasteiger partial charge in [0, 0.05) is 46.0 Å². The first-order valence-electron chi connectivity index (χ1n) is 11.0. The summed E-state index contributed by atoms with van der Waals surface area (Å²) in [6.45, 7) is 5.08. The van der Waals surface area contributed by atoms with Crippen LogP contribution in [0.15, 0.2) is 72.8 Å². The predicted molar refractivity (Wildman–Crippen MR) is 134 cm³/mol. The van der Waals surface area contributed by atoms with Crippen LogP contribution in [0.5, 0.6) is 0 Å². The van der Waals surface area contributed by atoms with Gasteiger partial charge in [0.15, 0.2) is 0 Å². The van der Waals surface area contributed by atoms with Crippen LogP contribution in [0.3, 0.4) is 0 Å². The maximum atomic E-state index is 12.7. The van der Waals surface area contributed by atoms with Crippen LogP contribution in [0.25, 0.3) is 22.2 Å². The van der Waals surface area contributed by atoms with Crippen molar-refractivity contribution in [3.8, 4) is 11.3 Å². The highest BCUT2D eigenvalue weighted by Crippen LogP contribution is 2.33. The van der Waals surface area contributed by atoms with Crippen molar-refractivity contribution in [2.75, 3.05) is 36.5 Å². The zero-order chi connectivity index (χ0) is 22.8. The van der Waals surface area contributed by atoms with Crippen molar-refractivity contribution in [2.24, 2.45) is 0 Å². The third-order valence-electron chi connectivity index (χ3n) is 5.83. The minimum absolute atomic E-state index is 0.200. The number of rotatable bonds is 4. The maximum absolute atomic E-state index is 12.7. The quantitative estimate of drug-likeness (QED) is 0.411. The first kappa shape index (κ1) is 21.4. The Morgan fingerprint density at radius 3 is 2.55 bits per heavy atom. The highest BCUT2D eigenvalue weighted by molar-refractivity contribution is 6.31. The van der Waals surface area contributed by atoms with E-state index >= 15 is 0 Å². The lowest BCUT2D eigenvalue weighted by Crippen LogP contribution is -2.36. The minimum atomic E-state index is -0.200. The molecule has 0 atom stereocenters. The zero-order valence-electron chi connectivity index (χ0n) is 18.3. The Bertz CT molecular complexity index is 1320. The topological polar surface area (TPSA) is 54.5 Å². The van der Waals surface area contributed by atoms with Crippen LogP contribution in [0.4, 0.5) is 11.4 Å². The summed E-state index contributed by atoms with van der Waals surface area (Å²) in [7, 11) is 0. The fraction of sp³-hybridized carbons (Fsp3) is 0.185. The molecule has 0 unspecified atom stereocenters. The summed E-state index contributed by atoms with van der Waals surface area (Å²) in [4.78, 5) is 20.0. The van der Waals surface area contributed by atoms with Gasteiger partial charge in [0.2, 0.25) is 0 Å². The molecule has 0 aliphatic carbocycles. The molecule has 5 rings (SSSR count). The van der Waals surface area contributed by atoms with Crippen LogP contribution in [-0.2, 0) is 4.74 Å². The number of ether oxygens (including phenoxy) is 1. The molecule has 6 heteroatoms. The van der Waals surface area contributed by atoms with E-state index in [0.717, 1.165) is 40.9 Å². The van der Waals surface area contributed by atoms with Crippen LogP contribution in [-0.4, -0.2) is 37.2 Å². The molecule has 0 spiro atoms. The third-order valence-corrected chi connectivity index (χ3v) is 6.07. The van der Waals surface area contributed by atoms with Crippen molar-refractivity contribution in [1.82, 2.24) is 4.98 Å². The molecule has 1 N–H and O–H groups in total. The number of halogens is 1. The van der Waals surface area contributed by atoms with Crippen molar-refractivity contribution in [3.63, 3.8) is 0 Å². The van der Waals surface area contributed by atoms with Crippen LogP contribution in [0, 0.1) is 6.92 Å². The van der Waals surface area contributed by atoms with Gasteiger partial charge in [0.1, 0.15) is 0 Å². The normalized spacial score (nSPS) is 13.8. The summed E-state index contributed by atoms with van der Waals surface area (Å²) >= 11 is 6.05. The highest BCUT2D eigenvalue weighted by atomic mass is 35.5. The van der Waals surface area contributed by atoms with E-state index in [-0.39, 0.29) is 5.91 Å². The Hall–Kier alpha value is -3.41. The number of aromatic nitrogens is 1. The largest absolute Gasteiger partial charge is 0.378 e. The summed E-state index contributed by atoms with van der Waals surface area (Å²) < 4.78 is 5.57. The van der Waals surface area contributed by atoms with Gasteiger partial charge in [-0.25, -0.2) is 4.98 Å². The van der Waals surface area contributed by atoms with Gasteiger partial charge in [-0.1, -0.05) is 47.5 Å². The molecule has 0 saturated carbocycles.